The number of hydrogen-bond acceptors (Lipinski definition) is 3. The lowest BCUT2D eigenvalue weighted by Gasteiger charge is -2.16. The Morgan fingerprint density at radius 2 is 2.57 bits per heavy atom. The third-order valence-electron chi connectivity index (χ3n) is 2.84. The largest absolute Gasteiger partial charge is 0.387 e. The third kappa shape index (κ3) is 1.85. The minimum atomic E-state index is -0.313. The summed E-state index contributed by atoms with van der Waals surface area (Å²) in [5.74, 6) is 0.305. The van der Waals surface area contributed by atoms with Crippen LogP contribution in [0.5, 0.6) is 0 Å². The molecule has 0 aromatic carbocycles. The number of thiophene rings is 1. The maximum atomic E-state index is 10.2. The molecular weight excluding hydrogens is 196 g/mol. The zero-order valence-corrected chi connectivity index (χ0v) is 9.22. The monoisotopic (exact) mass is 212 g/mol. The van der Waals surface area contributed by atoms with Crippen LogP contribution in [0.4, 0.5) is 0 Å². The van der Waals surface area contributed by atoms with Crippen molar-refractivity contribution < 1.29 is 9.84 Å². The van der Waals surface area contributed by atoms with Gasteiger partial charge in [0.05, 0.1) is 12.7 Å². The summed E-state index contributed by atoms with van der Waals surface area (Å²) in [7, 11) is 0. The number of aryl methyl sites for hydroxylation is 1. The molecule has 1 aromatic rings. The summed E-state index contributed by atoms with van der Waals surface area (Å²) in [5, 5.41) is 12.2. The van der Waals surface area contributed by atoms with E-state index in [1.807, 2.05) is 0 Å². The van der Waals surface area contributed by atoms with Crippen molar-refractivity contribution in [3.63, 3.8) is 0 Å². The van der Waals surface area contributed by atoms with Crippen molar-refractivity contribution in [1.82, 2.24) is 0 Å². The van der Waals surface area contributed by atoms with Crippen LogP contribution in [-0.4, -0.2) is 18.3 Å². The van der Waals surface area contributed by atoms with E-state index >= 15 is 0 Å². The van der Waals surface area contributed by atoms with E-state index in [2.05, 4.69) is 18.4 Å². The van der Waals surface area contributed by atoms with Crippen LogP contribution >= 0.6 is 11.3 Å². The first-order valence-electron chi connectivity index (χ1n) is 5.15. The SMILES string of the molecule is CCc1ccsc1C(O)C1CCOC1. The lowest BCUT2D eigenvalue weighted by atomic mass is 9.98. The molecule has 1 aliphatic rings. The molecule has 0 amide bonds. The molecule has 3 heteroatoms. The van der Waals surface area contributed by atoms with Crippen LogP contribution in [0.25, 0.3) is 0 Å². The van der Waals surface area contributed by atoms with Crippen molar-refractivity contribution in [2.75, 3.05) is 13.2 Å². The Bertz CT molecular complexity index is 289. The summed E-state index contributed by atoms with van der Waals surface area (Å²) in [6, 6.07) is 2.11. The van der Waals surface area contributed by atoms with Gasteiger partial charge >= 0.3 is 0 Å². The van der Waals surface area contributed by atoms with E-state index in [0.717, 1.165) is 24.3 Å². The second-order valence-electron chi connectivity index (χ2n) is 3.73. The van der Waals surface area contributed by atoms with Gasteiger partial charge in [0.2, 0.25) is 0 Å². The van der Waals surface area contributed by atoms with Crippen molar-refractivity contribution in [3.05, 3.63) is 21.9 Å². The minimum Gasteiger partial charge on any atom is -0.387 e. The van der Waals surface area contributed by atoms with Crippen LogP contribution in [-0.2, 0) is 11.2 Å². The number of aliphatic hydroxyl groups excluding tert-OH is 1. The number of aliphatic hydroxyl groups is 1. The van der Waals surface area contributed by atoms with Crippen molar-refractivity contribution >= 4 is 11.3 Å². The predicted molar refractivity (Wildman–Crippen MR) is 57.6 cm³/mol. The van der Waals surface area contributed by atoms with Gasteiger partial charge in [-0.25, -0.2) is 0 Å². The molecular formula is C11H16O2S. The minimum absolute atomic E-state index is 0.305. The fourth-order valence-corrected chi connectivity index (χ4v) is 2.99. The lowest BCUT2D eigenvalue weighted by molar-refractivity contribution is 0.0939. The fourth-order valence-electron chi connectivity index (χ4n) is 1.91. The molecule has 1 N–H and O–H groups in total. The van der Waals surface area contributed by atoms with E-state index in [-0.39, 0.29) is 6.10 Å². The number of ether oxygens (including phenoxy) is 1. The van der Waals surface area contributed by atoms with E-state index in [9.17, 15) is 5.11 Å². The molecule has 1 fully saturated rings. The topological polar surface area (TPSA) is 29.5 Å². The average Bonchev–Trinajstić information content (AvgIpc) is 2.87. The van der Waals surface area contributed by atoms with Gasteiger partial charge in [-0.2, -0.15) is 0 Å². The molecule has 2 rings (SSSR count). The molecule has 0 spiro atoms. The Morgan fingerprint density at radius 3 is 3.21 bits per heavy atom. The van der Waals surface area contributed by atoms with Gasteiger partial charge in [0.1, 0.15) is 0 Å². The van der Waals surface area contributed by atoms with Crippen LogP contribution in [0, 0.1) is 5.92 Å². The van der Waals surface area contributed by atoms with E-state index in [1.54, 1.807) is 11.3 Å². The first kappa shape index (κ1) is 10.1. The molecule has 0 radical (unpaired) electrons. The highest BCUT2D eigenvalue weighted by Crippen LogP contribution is 2.33. The van der Waals surface area contributed by atoms with Gasteiger partial charge in [0.15, 0.2) is 0 Å². The van der Waals surface area contributed by atoms with Gasteiger partial charge in [-0.3, -0.25) is 0 Å². The Kier molecular flexibility index (Phi) is 3.21. The van der Waals surface area contributed by atoms with Crippen LogP contribution in [0.1, 0.15) is 29.9 Å². The number of rotatable bonds is 3. The van der Waals surface area contributed by atoms with E-state index in [4.69, 9.17) is 4.74 Å². The zero-order valence-electron chi connectivity index (χ0n) is 8.40. The van der Waals surface area contributed by atoms with Crippen molar-refractivity contribution in [2.45, 2.75) is 25.9 Å². The second-order valence-corrected chi connectivity index (χ2v) is 4.68. The molecule has 0 aliphatic carbocycles. The molecule has 0 bridgehead atoms. The molecule has 2 nitrogen and oxygen atoms in total. The Hall–Kier alpha value is -0.380. The maximum absolute atomic E-state index is 10.2. The molecule has 1 saturated heterocycles. The lowest BCUT2D eigenvalue weighted by Crippen LogP contribution is -2.12. The average molecular weight is 212 g/mol. The molecule has 2 atom stereocenters. The van der Waals surface area contributed by atoms with Crippen LogP contribution in [0.2, 0.25) is 0 Å². The van der Waals surface area contributed by atoms with Crippen LogP contribution < -0.4 is 0 Å². The van der Waals surface area contributed by atoms with Crippen molar-refractivity contribution in [1.29, 1.82) is 0 Å². The summed E-state index contributed by atoms with van der Waals surface area (Å²) in [6.45, 7) is 3.64. The van der Waals surface area contributed by atoms with Crippen LogP contribution in [0.15, 0.2) is 11.4 Å². The highest BCUT2D eigenvalue weighted by atomic mass is 32.1. The summed E-state index contributed by atoms with van der Waals surface area (Å²) >= 11 is 1.66. The quantitative estimate of drug-likeness (QED) is 0.833. The zero-order chi connectivity index (χ0) is 9.97. The molecule has 1 aliphatic heterocycles. The summed E-state index contributed by atoms with van der Waals surface area (Å²) < 4.78 is 5.29. The third-order valence-corrected chi connectivity index (χ3v) is 3.87. The highest BCUT2D eigenvalue weighted by molar-refractivity contribution is 7.10. The maximum Gasteiger partial charge on any atom is 0.0935 e. The van der Waals surface area contributed by atoms with Gasteiger partial charge in [-0.05, 0) is 29.9 Å². The van der Waals surface area contributed by atoms with Gasteiger partial charge < -0.3 is 9.84 Å². The second kappa shape index (κ2) is 4.43. The van der Waals surface area contributed by atoms with Gasteiger partial charge in [0, 0.05) is 17.4 Å². The highest BCUT2D eigenvalue weighted by Gasteiger charge is 2.27. The summed E-state index contributed by atoms with van der Waals surface area (Å²) in [6.07, 6.45) is 1.68. The Balaban J connectivity index is 2.12. The van der Waals surface area contributed by atoms with Crippen molar-refractivity contribution in [2.24, 2.45) is 5.92 Å². The van der Waals surface area contributed by atoms with Gasteiger partial charge in [0.25, 0.3) is 0 Å². The molecule has 2 unspecified atom stereocenters. The molecule has 2 heterocycles. The van der Waals surface area contributed by atoms with Crippen molar-refractivity contribution in [3.8, 4) is 0 Å². The van der Waals surface area contributed by atoms with E-state index in [1.165, 1.54) is 5.56 Å². The van der Waals surface area contributed by atoms with Gasteiger partial charge in [-0.1, -0.05) is 6.92 Å². The standard InChI is InChI=1S/C11H16O2S/c1-2-8-4-6-14-11(8)10(12)9-3-5-13-7-9/h4,6,9-10,12H,2-3,5,7H2,1H3. The van der Waals surface area contributed by atoms with E-state index in [0.29, 0.717) is 12.5 Å². The van der Waals surface area contributed by atoms with E-state index < -0.39 is 0 Å². The summed E-state index contributed by atoms with van der Waals surface area (Å²) in [5.41, 5.74) is 1.29. The molecule has 14 heavy (non-hydrogen) atoms. The summed E-state index contributed by atoms with van der Waals surface area (Å²) in [4.78, 5) is 1.14. The van der Waals surface area contributed by atoms with Gasteiger partial charge in [-0.15, -0.1) is 11.3 Å². The Labute approximate surface area is 88.5 Å². The number of hydrogen-bond donors (Lipinski definition) is 1. The Morgan fingerprint density at radius 1 is 1.71 bits per heavy atom. The molecule has 78 valence electrons. The fraction of sp³-hybridized carbons (Fsp3) is 0.636. The molecule has 1 aromatic heterocycles. The molecule has 0 saturated carbocycles. The predicted octanol–water partition coefficient (Wildman–Crippen LogP) is 2.38. The normalized spacial score (nSPS) is 24.0. The van der Waals surface area contributed by atoms with Crippen LogP contribution in [0.3, 0.4) is 0 Å². The first-order chi connectivity index (χ1) is 6.83. The smallest absolute Gasteiger partial charge is 0.0935 e. The first-order valence-corrected chi connectivity index (χ1v) is 6.03.